The zero-order valence-corrected chi connectivity index (χ0v) is 17.0. The molecule has 0 unspecified atom stereocenters. The van der Waals surface area contributed by atoms with Crippen molar-refractivity contribution >= 4 is 23.4 Å². The predicted octanol–water partition coefficient (Wildman–Crippen LogP) is 6.90. The summed E-state index contributed by atoms with van der Waals surface area (Å²) in [7, 11) is 0. The summed E-state index contributed by atoms with van der Waals surface area (Å²) in [6.07, 6.45) is -4.37. The first-order valence-corrected chi connectivity index (χ1v) is 10.3. The van der Waals surface area contributed by atoms with Gasteiger partial charge in [0.25, 0.3) is 0 Å². The van der Waals surface area contributed by atoms with E-state index in [0.29, 0.717) is 27.3 Å². The van der Waals surface area contributed by atoms with Crippen molar-refractivity contribution in [1.82, 2.24) is 14.8 Å². The number of hydrogen-bond donors (Lipinski definition) is 0. The Labute approximate surface area is 180 Å². The fourth-order valence-electron chi connectivity index (χ4n) is 2.98. The van der Waals surface area contributed by atoms with E-state index in [9.17, 15) is 13.2 Å². The molecule has 0 saturated carbocycles. The maximum atomic E-state index is 13.0. The Morgan fingerprint density at radius 2 is 1.60 bits per heavy atom. The van der Waals surface area contributed by atoms with Gasteiger partial charge in [-0.3, -0.25) is 4.57 Å². The average molecular weight is 446 g/mol. The van der Waals surface area contributed by atoms with Gasteiger partial charge in [-0.1, -0.05) is 71.9 Å². The molecular formula is C22H15ClF3N3S. The normalized spacial score (nSPS) is 11.6. The van der Waals surface area contributed by atoms with Gasteiger partial charge in [-0.15, -0.1) is 10.2 Å². The molecule has 0 amide bonds. The third-order valence-corrected chi connectivity index (χ3v) is 5.71. The number of thioether (sulfide) groups is 1. The van der Waals surface area contributed by atoms with E-state index in [2.05, 4.69) is 10.2 Å². The lowest BCUT2D eigenvalue weighted by Crippen LogP contribution is -2.05. The van der Waals surface area contributed by atoms with Gasteiger partial charge in [-0.25, -0.2) is 0 Å². The molecule has 0 aliphatic carbocycles. The first kappa shape index (κ1) is 20.5. The molecule has 0 fully saturated rings. The molecule has 0 aliphatic rings. The van der Waals surface area contributed by atoms with Crippen LogP contribution in [-0.2, 0) is 11.9 Å². The molecule has 152 valence electrons. The molecular weight excluding hydrogens is 431 g/mol. The van der Waals surface area contributed by atoms with Crippen LogP contribution in [0.3, 0.4) is 0 Å². The number of benzene rings is 3. The maximum absolute atomic E-state index is 13.0. The Morgan fingerprint density at radius 3 is 2.33 bits per heavy atom. The molecule has 0 N–H and O–H groups in total. The lowest BCUT2D eigenvalue weighted by molar-refractivity contribution is -0.137. The molecule has 3 nitrogen and oxygen atoms in total. The number of nitrogens with zero attached hydrogens (tertiary/aromatic N) is 3. The number of hydrogen-bond acceptors (Lipinski definition) is 3. The predicted molar refractivity (Wildman–Crippen MR) is 113 cm³/mol. The average Bonchev–Trinajstić information content (AvgIpc) is 3.16. The molecule has 1 aromatic heterocycles. The van der Waals surface area contributed by atoms with Gasteiger partial charge in [-0.2, -0.15) is 13.2 Å². The molecule has 8 heteroatoms. The molecule has 4 aromatic rings. The van der Waals surface area contributed by atoms with E-state index >= 15 is 0 Å². The van der Waals surface area contributed by atoms with Crippen LogP contribution in [0.15, 0.2) is 84.0 Å². The van der Waals surface area contributed by atoms with Crippen LogP contribution in [0, 0.1) is 0 Å². The van der Waals surface area contributed by atoms with Gasteiger partial charge in [-0.05, 0) is 35.9 Å². The van der Waals surface area contributed by atoms with Crippen molar-refractivity contribution < 1.29 is 13.2 Å². The lowest BCUT2D eigenvalue weighted by atomic mass is 10.1. The Morgan fingerprint density at radius 1 is 0.867 bits per heavy atom. The van der Waals surface area contributed by atoms with Gasteiger partial charge < -0.3 is 0 Å². The zero-order chi connectivity index (χ0) is 21.1. The fraction of sp³-hybridized carbons (Fsp3) is 0.0909. The number of aromatic nitrogens is 3. The van der Waals surface area contributed by atoms with E-state index in [1.807, 2.05) is 53.1 Å². The first-order chi connectivity index (χ1) is 14.4. The third-order valence-electron chi connectivity index (χ3n) is 4.38. The highest BCUT2D eigenvalue weighted by molar-refractivity contribution is 7.98. The third kappa shape index (κ3) is 4.37. The minimum atomic E-state index is -4.37. The van der Waals surface area contributed by atoms with Crippen LogP contribution in [0.2, 0.25) is 5.02 Å². The topological polar surface area (TPSA) is 30.7 Å². The molecule has 3 aromatic carbocycles. The summed E-state index contributed by atoms with van der Waals surface area (Å²) in [5.74, 6) is 0.885. The van der Waals surface area contributed by atoms with Crippen molar-refractivity contribution in [3.05, 3.63) is 95.0 Å². The van der Waals surface area contributed by atoms with Gasteiger partial charge in [0.05, 0.1) is 10.6 Å². The highest BCUT2D eigenvalue weighted by Crippen LogP contribution is 2.34. The Hall–Kier alpha value is -2.77. The van der Waals surface area contributed by atoms with Crippen LogP contribution in [0.5, 0.6) is 0 Å². The van der Waals surface area contributed by atoms with Gasteiger partial charge in [0.15, 0.2) is 11.0 Å². The molecule has 30 heavy (non-hydrogen) atoms. The molecule has 0 bridgehead atoms. The second-order valence-corrected chi connectivity index (χ2v) is 7.79. The number of rotatable bonds is 5. The van der Waals surface area contributed by atoms with E-state index in [4.69, 9.17) is 11.6 Å². The fourth-order valence-corrected chi connectivity index (χ4v) is 4.09. The van der Waals surface area contributed by atoms with Gasteiger partial charge in [0, 0.05) is 17.0 Å². The Bertz CT molecular complexity index is 1160. The number of alkyl halides is 3. The molecule has 4 rings (SSSR count). The van der Waals surface area contributed by atoms with Crippen molar-refractivity contribution in [2.45, 2.75) is 17.1 Å². The monoisotopic (exact) mass is 445 g/mol. The SMILES string of the molecule is FC(F)(F)c1cccc(CSc2nnc(-c3ccccc3Cl)n2-c2ccccc2)c1. The van der Waals surface area contributed by atoms with Crippen molar-refractivity contribution in [2.24, 2.45) is 0 Å². The van der Waals surface area contributed by atoms with E-state index in [0.717, 1.165) is 23.4 Å². The number of halogens is 4. The lowest BCUT2D eigenvalue weighted by Gasteiger charge is -2.12. The first-order valence-electron chi connectivity index (χ1n) is 8.98. The molecule has 0 radical (unpaired) electrons. The van der Waals surface area contributed by atoms with Crippen LogP contribution < -0.4 is 0 Å². The van der Waals surface area contributed by atoms with Crippen molar-refractivity contribution in [3.63, 3.8) is 0 Å². The standard InChI is InChI=1S/C22H15ClF3N3S/c23-19-12-5-4-11-18(19)20-27-28-21(29(20)17-9-2-1-3-10-17)30-14-15-7-6-8-16(13-15)22(24,25)26/h1-13H,14H2. The smallest absolute Gasteiger partial charge is 0.270 e. The minimum absolute atomic E-state index is 0.317. The molecule has 0 saturated heterocycles. The minimum Gasteiger partial charge on any atom is -0.270 e. The highest BCUT2D eigenvalue weighted by Gasteiger charge is 2.30. The second-order valence-electron chi connectivity index (χ2n) is 6.44. The van der Waals surface area contributed by atoms with E-state index < -0.39 is 11.7 Å². The van der Waals surface area contributed by atoms with Crippen LogP contribution >= 0.6 is 23.4 Å². The molecule has 0 atom stereocenters. The largest absolute Gasteiger partial charge is 0.416 e. The molecule has 1 heterocycles. The van der Waals surface area contributed by atoms with Crippen LogP contribution in [-0.4, -0.2) is 14.8 Å². The summed E-state index contributed by atoms with van der Waals surface area (Å²) in [6.45, 7) is 0. The summed E-state index contributed by atoms with van der Waals surface area (Å²) in [5, 5.41) is 9.71. The maximum Gasteiger partial charge on any atom is 0.416 e. The van der Waals surface area contributed by atoms with E-state index in [1.165, 1.54) is 17.8 Å². The summed E-state index contributed by atoms with van der Waals surface area (Å²) in [4.78, 5) is 0. The van der Waals surface area contributed by atoms with Gasteiger partial charge in [0.2, 0.25) is 0 Å². The quantitative estimate of drug-likeness (QED) is 0.313. The van der Waals surface area contributed by atoms with Crippen LogP contribution in [0.1, 0.15) is 11.1 Å². The Kier molecular flexibility index (Phi) is 5.83. The summed E-state index contributed by atoms with van der Waals surface area (Å²) in [6, 6.07) is 22.1. The highest BCUT2D eigenvalue weighted by atomic mass is 35.5. The van der Waals surface area contributed by atoms with Crippen molar-refractivity contribution in [1.29, 1.82) is 0 Å². The zero-order valence-electron chi connectivity index (χ0n) is 15.5. The summed E-state index contributed by atoms with van der Waals surface area (Å²) < 4.78 is 40.9. The molecule has 0 spiro atoms. The summed E-state index contributed by atoms with van der Waals surface area (Å²) in [5.41, 5.74) is 1.45. The van der Waals surface area contributed by atoms with Crippen molar-refractivity contribution in [2.75, 3.05) is 0 Å². The van der Waals surface area contributed by atoms with Crippen LogP contribution in [0.25, 0.3) is 17.1 Å². The summed E-state index contributed by atoms with van der Waals surface area (Å²) >= 11 is 7.68. The van der Waals surface area contributed by atoms with Crippen LogP contribution in [0.4, 0.5) is 13.2 Å². The molecule has 0 aliphatic heterocycles. The van der Waals surface area contributed by atoms with Gasteiger partial charge >= 0.3 is 6.18 Å². The van der Waals surface area contributed by atoms with E-state index in [-0.39, 0.29) is 0 Å². The van der Waals surface area contributed by atoms with Crippen molar-refractivity contribution in [3.8, 4) is 17.1 Å². The van der Waals surface area contributed by atoms with Gasteiger partial charge in [0.1, 0.15) is 0 Å². The number of para-hydroxylation sites is 1. The van der Waals surface area contributed by atoms with E-state index in [1.54, 1.807) is 12.1 Å². The second kappa shape index (κ2) is 8.53. The Balaban J connectivity index is 1.70.